The van der Waals surface area contributed by atoms with Crippen LogP contribution in [0.4, 0.5) is 0 Å². The van der Waals surface area contributed by atoms with Crippen molar-refractivity contribution < 1.29 is 12.6 Å². The summed E-state index contributed by atoms with van der Waals surface area (Å²) in [6, 6.07) is 6.83. The second kappa shape index (κ2) is 6.02. The Bertz CT molecular complexity index is 550. The SMILES string of the molecule is Cc1ccc(S(=O)(=O)OC2CN3CCC2CC3)cc1.Cl. The summed E-state index contributed by atoms with van der Waals surface area (Å²) in [5.41, 5.74) is 1.04. The van der Waals surface area contributed by atoms with Gasteiger partial charge in [0.1, 0.15) is 0 Å². The molecule has 3 saturated heterocycles. The van der Waals surface area contributed by atoms with Gasteiger partial charge in [-0.25, -0.2) is 0 Å². The number of halogens is 1. The molecule has 0 radical (unpaired) electrons. The number of hydrogen-bond donors (Lipinski definition) is 0. The number of hydrogen-bond acceptors (Lipinski definition) is 4. The van der Waals surface area contributed by atoms with Gasteiger partial charge in [0.15, 0.2) is 0 Å². The zero-order valence-corrected chi connectivity index (χ0v) is 13.1. The monoisotopic (exact) mass is 317 g/mol. The van der Waals surface area contributed by atoms with Gasteiger partial charge in [-0.1, -0.05) is 17.7 Å². The molecule has 0 aliphatic carbocycles. The van der Waals surface area contributed by atoms with Gasteiger partial charge in [-0.15, -0.1) is 12.4 Å². The molecule has 3 heterocycles. The molecule has 3 fully saturated rings. The normalized spacial score (nSPS) is 28.9. The van der Waals surface area contributed by atoms with Gasteiger partial charge < -0.3 is 4.90 Å². The molecule has 0 amide bonds. The second-order valence-corrected chi connectivity index (χ2v) is 7.11. The molecule has 2 bridgehead atoms. The molecule has 0 aromatic heterocycles. The van der Waals surface area contributed by atoms with E-state index in [1.807, 2.05) is 6.92 Å². The van der Waals surface area contributed by atoms with E-state index in [1.54, 1.807) is 24.3 Å². The molecule has 0 N–H and O–H groups in total. The van der Waals surface area contributed by atoms with Crippen molar-refractivity contribution in [1.29, 1.82) is 0 Å². The van der Waals surface area contributed by atoms with E-state index in [2.05, 4.69) is 4.90 Å². The van der Waals surface area contributed by atoms with Crippen LogP contribution >= 0.6 is 12.4 Å². The van der Waals surface area contributed by atoms with Crippen LogP contribution in [-0.4, -0.2) is 39.1 Å². The highest BCUT2D eigenvalue weighted by Crippen LogP contribution is 2.31. The summed E-state index contributed by atoms with van der Waals surface area (Å²) in [6.07, 6.45) is 1.93. The summed E-state index contributed by atoms with van der Waals surface area (Å²) in [5, 5.41) is 0. The summed E-state index contributed by atoms with van der Waals surface area (Å²) >= 11 is 0. The van der Waals surface area contributed by atoms with E-state index < -0.39 is 10.1 Å². The maximum absolute atomic E-state index is 12.2. The summed E-state index contributed by atoms with van der Waals surface area (Å²) in [5.74, 6) is 0.394. The van der Waals surface area contributed by atoms with E-state index in [0.29, 0.717) is 5.92 Å². The van der Waals surface area contributed by atoms with Gasteiger partial charge in [0.05, 0.1) is 11.0 Å². The summed E-state index contributed by atoms with van der Waals surface area (Å²) in [4.78, 5) is 2.55. The lowest BCUT2D eigenvalue weighted by Gasteiger charge is -2.43. The molecule has 1 aromatic carbocycles. The Labute approximate surface area is 126 Å². The van der Waals surface area contributed by atoms with Crippen molar-refractivity contribution in [2.75, 3.05) is 19.6 Å². The van der Waals surface area contributed by atoms with Crippen molar-refractivity contribution in [2.45, 2.75) is 30.8 Å². The molecule has 0 spiro atoms. The summed E-state index contributed by atoms with van der Waals surface area (Å²) < 4.78 is 30.0. The summed E-state index contributed by atoms with van der Waals surface area (Å²) in [7, 11) is -3.63. The van der Waals surface area contributed by atoms with Crippen molar-refractivity contribution in [2.24, 2.45) is 5.92 Å². The van der Waals surface area contributed by atoms with Gasteiger partial charge in [0, 0.05) is 6.54 Å². The van der Waals surface area contributed by atoms with Crippen molar-refractivity contribution in [1.82, 2.24) is 4.90 Å². The van der Waals surface area contributed by atoms with Gasteiger partial charge in [0.25, 0.3) is 10.1 Å². The van der Waals surface area contributed by atoms with Crippen LogP contribution in [0, 0.1) is 12.8 Å². The average Bonchev–Trinajstić information content (AvgIpc) is 2.40. The average molecular weight is 318 g/mol. The minimum atomic E-state index is -3.63. The molecule has 1 aromatic rings. The van der Waals surface area contributed by atoms with Gasteiger partial charge in [0.2, 0.25) is 0 Å². The first-order chi connectivity index (χ1) is 9.04. The zero-order valence-electron chi connectivity index (χ0n) is 11.5. The molecule has 3 aliphatic rings. The van der Waals surface area contributed by atoms with Crippen LogP contribution in [-0.2, 0) is 14.3 Å². The van der Waals surface area contributed by atoms with Crippen LogP contribution in [0.1, 0.15) is 18.4 Å². The van der Waals surface area contributed by atoms with Crippen molar-refractivity contribution in [3.63, 3.8) is 0 Å². The van der Waals surface area contributed by atoms with Crippen LogP contribution in [0.5, 0.6) is 0 Å². The van der Waals surface area contributed by atoms with Crippen LogP contribution in [0.3, 0.4) is 0 Å². The zero-order chi connectivity index (χ0) is 13.5. The van der Waals surface area contributed by atoms with Crippen LogP contribution in [0.2, 0.25) is 0 Å². The minimum Gasteiger partial charge on any atom is -0.301 e. The number of benzene rings is 1. The Morgan fingerprint density at radius 1 is 1.15 bits per heavy atom. The van der Waals surface area contributed by atoms with E-state index in [4.69, 9.17) is 4.18 Å². The van der Waals surface area contributed by atoms with Crippen molar-refractivity contribution >= 4 is 22.5 Å². The van der Waals surface area contributed by atoms with Crippen molar-refractivity contribution in [3.05, 3.63) is 29.8 Å². The van der Waals surface area contributed by atoms with E-state index in [9.17, 15) is 8.42 Å². The van der Waals surface area contributed by atoms with Gasteiger partial charge in [-0.05, 0) is 50.9 Å². The van der Waals surface area contributed by atoms with Gasteiger partial charge in [-0.2, -0.15) is 8.42 Å². The maximum atomic E-state index is 12.2. The fourth-order valence-corrected chi connectivity index (χ4v) is 4.07. The van der Waals surface area contributed by atoms with E-state index in [1.165, 1.54) is 0 Å². The Hall–Kier alpha value is -0.620. The molecule has 112 valence electrons. The lowest BCUT2D eigenvalue weighted by Crippen LogP contribution is -2.51. The minimum absolute atomic E-state index is 0. The largest absolute Gasteiger partial charge is 0.301 e. The Morgan fingerprint density at radius 2 is 1.75 bits per heavy atom. The van der Waals surface area contributed by atoms with Crippen LogP contribution in [0.15, 0.2) is 29.2 Å². The van der Waals surface area contributed by atoms with Crippen molar-refractivity contribution in [3.8, 4) is 0 Å². The summed E-state index contributed by atoms with van der Waals surface area (Å²) in [6.45, 7) is 4.84. The third-order valence-electron chi connectivity index (χ3n) is 4.16. The number of rotatable bonds is 3. The van der Waals surface area contributed by atoms with E-state index >= 15 is 0 Å². The Kier molecular flexibility index (Phi) is 4.74. The fraction of sp³-hybridized carbons (Fsp3) is 0.571. The molecule has 0 saturated carbocycles. The second-order valence-electron chi connectivity index (χ2n) is 5.54. The highest BCUT2D eigenvalue weighted by Gasteiger charge is 2.37. The molecule has 4 nitrogen and oxygen atoms in total. The third kappa shape index (κ3) is 3.17. The standard InChI is InChI=1S/C14H19NO3S.ClH/c1-11-2-4-13(5-3-11)19(16,17)18-14-10-15-8-6-12(14)7-9-15;/h2-5,12,14H,6-10H2,1H3;1H. The van der Waals surface area contributed by atoms with E-state index in [0.717, 1.165) is 38.0 Å². The molecule has 3 aliphatic heterocycles. The predicted molar refractivity (Wildman–Crippen MR) is 79.6 cm³/mol. The first-order valence-electron chi connectivity index (χ1n) is 6.77. The molecule has 6 heteroatoms. The van der Waals surface area contributed by atoms with Gasteiger partial charge in [-0.3, -0.25) is 4.18 Å². The predicted octanol–water partition coefficient (Wildman–Crippen LogP) is 2.22. The maximum Gasteiger partial charge on any atom is 0.297 e. The first kappa shape index (κ1) is 15.8. The highest BCUT2D eigenvalue weighted by atomic mass is 35.5. The van der Waals surface area contributed by atoms with Gasteiger partial charge >= 0.3 is 0 Å². The Balaban J connectivity index is 0.00000147. The lowest BCUT2D eigenvalue weighted by atomic mass is 9.86. The highest BCUT2D eigenvalue weighted by molar-refractivity contribution is 7.86. The molecule has 1 unspecified atom stereocenters. The third-order valence-corrected chi connectivity index (χ3v) is 5.51. The fourth-order valence-electron chi connectivity index (χ4n) is 2.94. The lowest BCUT2D eigenvalue weighted by molar-refractivity contribution is -0.00428. The van der Waals surface area contributed by atoms with Crippen LogP contribution in [0.25, 0.3) is 0 Å². The Morgan fingerprint density at radius 3 is 2.25 bits per heavy atom. The number of fused-ring (bicyclic) bond motifs is 3. The quantitative estimate of drug-likeness (QED) is 0.802. The number of aryl methyl sites for hydroxylation is 1. The number of piperidine rings is 3. The topological polar surface area (TPSA) is 46.6 Å². The molecule has 20 heavy (non-hydrogen) atoms. The molecule has 1 atom stereocenters. The van der Waals surface area contributed by atoms with Crippen LogP contribution < -0.4 is 0 Å². The van der Waals surface area contributed by atoms with E-state index in [-0.39, 0.29) is 23.4 Å². The molecular weight excluding hydrogens is 298 g/mol. The first-order valence-corrected chi connectivity index (χ1v) is 8.18. The molecule has 4 rings (SSSR count). The molecular formula is C14H20ClNO3S. The number of nitrogens with zero attached hydrogens (tertiary/aromatic N) is 1. The smallest absolute Gasteiger partial charge is 0.297 e.